The van der Waals surface area contributed by atoms with Crippen LogP contribution in [0.5, 0.6) is 0 Å². The second kappa shape index (κ2) is 5.42. The molecule has 0 saturated carbocycles. The van der Waals surface area contributed by atoms with Gasteiger partial charge in [-0.05, 0) is 6.92 Å². The monoisotopic (exact) mass is 245 g/mol. The molecule has 1 aromatic heterocycles. The van der Waals surface area contributed by atoms with Crippen LogP contribution in [0.15, 0.2) is 35.1 Å². The number of benzene rings is 1. The minimum atomic E-state index is -0.316. The number of hydrogen-bond acceptors (Lipinski definition) is 5. The first-order valence-corrected chi connectivity index (χ1v) is 5.73. The van der Waals surface area contributed by atoms with E-state index in [0.29, 0.717) is 12.4 Å². The molecule has 2 rings (SSSR count). The Morgan fingerprint density at radius 1 is 1.22 bits per heavy atom. The molecule has 0 spiro atoms. The van der Waals surface area contributed by atoms with Crippen molar-refractivity contribution >= 4 is 5.95 Å². The van der Waals surface area contributed by atoms with Gasteiger partial charge in [0.2, 0.25) is 5.95 Å². The Morgan fingerprint density at radius 2 is 1.94 bits per heavy atom. The second-order valence-corrected chi connectivity index (χ2v) is 3.64. The van der Waals surface area contributed by atoms with E-state index >= 15 is 0 Å². The lowest BCUT2D eigenvalue weighted by molar-refractivity contribution is 0.684. The van der Waals surface area contributed by atoms with E-state index in [1.54, 1.807) is 7.05 Å². The Hall–Kier alpha value is -2.21. The van der Waals surface area contributed by atoms with Gasteiger partial charge in [0, 0.05) is 19.2 Å². The molecule has 0 bridgehead atoms. The normalized spacial score (nSPS) is 10.3. The standard InChI is InChI=1S/C12H15N5O/c1-3-17-10(9-7-5-4-6-8-9)14-11(16-13-2)15-12(17)18/h4-8,13H,3H2,1-2H3,(H,15,16,18). The third-order valence-corrected chi connectivity index (χ3v) is 2.48. The van der Waals surface area contributed by atoms with Gasteiger partial charge in [-0.1, -0.05) is 30.3 Å². The topological polar surface area (TPSA) is 71.8 Å². The minimum absolute atomic E-state index is 0.269. The molecule has 18 heavy (non-hydrogen) atoms. The van der Waals surface area contributed by atoms with Crippen LogP contribution >= 0.6 is 0 Å². The number of aromatic nitrogens is 3. The summed E-state index contributed by atoms with van der Waals surface area (Å²) in [5, 5.41) is 0. The van der Waals surface area contributed by atoms with Crippen LogP contribution in [0.4, 0.5) is 5.95 Å². The molecule has 0 aliphatic carbocycles. The Balaban J connectivity index is 2.60. The minimum Gasteiger partial charge on any atom is -0.290 e. The van der Waals surface area contributed by atoms with Crippen molar-refractivity contribution in [2.75, 3.05) is 12.5 Å². The summed E-state index contributed by atoms with van der Waals surface area (Å²) in [6.45, 7) is 2.42. The molecule has 0 saturated heterocycles. The fourth-order valence-electron chi connectivity index (χ4n) is 1.69. The van der Waals surface area contributed by atoms with Crippen molar-refractivity contribution in [2.24, 2.45) is 0 Å². The Bertz CT molecular complexity index is 579. The van der Waals surface area contributed by atoms with Crippen molar-refractivity contribution in [1.82, 2.24) is 20.0 Å². The highest BCUT2D eigenvalue weighted by molar-refractivity contribution is 5.56. The summed E-state index contributed by atoms with van der Waals surface area (Å²) >= 11 is 0. The summed E-state index contributed by atoms with van der Waals surface area (Å²) in [6.07, 6.45) is 0. The number of hydrogen-bond donors (Lipinski definition) is 2. The van der Waals surface area contributed by atoms with Crippen molar-refractivity contribution in [2.45, 2.75) is 13.5 Å². The van der Waals surface area contributed by atoms with Crippen LogP contribution in [-0.4, -0.2) is 21.6 Å². The van der Waals surface area contributed by atoms with Crippen molar-refractivity contribution in [3.63, 3.8) is 0 Å². The molecule has 0 atom stereocenters. The molecule has 1 aromatic carbocycles. The van der Waals surface area contributed by atoms with Crippen LogP contribution in [0, 0.1) is 0 Å². The Kier molecular flexibility index (Phi) is 3.69. The molecule has 0 aliphatic heterocycles. The summed E-state index contributed by atoms with van der Waals surface area (Å²) in [5.74, 6) is 0.877. The molecule has 94 valence electrons. The molecule has 2 N–H and O–H groups in total. The lowest BCUT2D eigenvalue weighted by Crippen LogP contribution is -2.29. The van der Waals surface area contributed by atoms with Crippen LogP contribution in [0.25, 0.3) is 11.4 Å². The molecule has 0 fully saturated rings. The van der Waals surface area contributed by atoms with E-state index in [2.05, 4.69) is 20.8 Å². The molecule has 6 heteroatoms. The predicted molar refractivity (Wildman–Crippen MR) is 70.1 cm³/mol. The Morgan fingerprint density at radius 3 is 2.56 bits per heavy atom. The van der Waals surface area contributed by atoms with Crippen LogP contribution in [-0.2, 0) is 6.54 Å². The quantitative estimate of drug-likeness (QED) is 0.782. The molecular weight excluding hydrogens is 230 g/mol. The third-order valence-electron chi connectivity index (χ3n) is 2.48. The molecule has 1 heterocycles. The highest BCUT2D eigenvalue weighted by atomic mass is 16.1. The zero-order valence-corrected chi connectivity index (χ0v) is 10.3. The highest BCUT2D eigenvalue weighted by Crippen LogP contribution is 2.15. The molecule has 0 amide bonds. The molecular formula is C12H15N5O. The van der Waals surface area contributed by atoms with Gasteiger partial charge in [0.15, 0.2) is 0 Å². The van der Waals surface area contributed by atoms with Crippen molar-refractivity contribution in [1.29, 1.82) is 0 Å². The van der Waals surface area contributed by atoms with E-state index in [0.717, 1.165) is 5.56 Å². The van der Waals surface area contributed by atoms with Crippen LogP contribution in [0.1, 0.15) is 6.92 Å². The van der Waals surface area contributed by atoms with Gasteiger partial charge in [0.1, 0.15) is 5.82 Å². The van der Waals surface area contributed by atoms with Crippen molar-refractivity contribution < 1.29 is 0 Å². The van der Waals surface area contributed by atoms with Gasteiger partial charge in [-0.25, -0.2) is 10.2 Å². The summed E-state index contributed by atoms with van der Waals surface area (Å²) < 4.78 is 1.54. The van der Waals surface area contributed by atoms with E-state index < -0.39 is 0 Å². The van der Waals surface area contributed by atoms with Gasteiger partial charge in [-0.15, -0.1) is 0 Å². The van der Waals surface area contributed by atoms with E-state index in [1.165, 1.54) is 4.57 Å². The fraction of sp³-hybridized carbons (Fsp3) is 0.250. The van der Waals surface area contributed by atoms with Crippen LogP contribution in [0.2, 0.25) is 0 Å². The fourth-order valence-corrected chi connectivity index (χ4v) is 1.69. The van der Waals surface area contributed by atoms with Gasteiger partial charge in [0.05, 0.1) is 0 Å². The molecule has 0 radical (unpaired) electrons. The first kappa shape index (κ1) is 12.3. The molecule has 0 unspecified atom stereocenters. The smallest absolute Gasteiger partial charge is 0.290 e. The zero-order chi connectivity index (χ0) is 13.0. The van der Waals surface area contributed by atoms with E-state index in [-0.39, 0.29) is 11.6 Å². The maximum absolute atomic E-state index is 11.9. The first-order chi connectivity index (χ1) is 8.76. The number of anilines is 1. The largest absolute Gasteiger partial charge is 0.352 e. The number of nitrogens with zero attached hydrogens (tertiary/aromatic N) is 3. The van der Waals surface area contributed by atoms with Crippen LogP contribution < -0.4 is 16.5 Å². The average Bonchev–Trinajstić information content (AvgIpc) is 2.39. The maximum Gasteiger partial charge on any atom is 0.352 e. The summed E-state index contributed by atoms with van der Waals surface area (Å²) in [7, 11) is 1.69. The van der Waals surface area contributed by atoms with Gasteiger partial charge in [-0.3, -0.25) is 9.99 Å². The lowest BCUT2D eigenvalue weighted by Gasteiger charge is -2.11. The van der Waals surface area contributed by atoms with E-state index in [9.17, 15) is 4.79 Å². The molecule has 0 aliphatic rings. The summed E-state index contributed by atoms with van der Waals surface area (Å²) in [6, 6.07) is 9.57. The summed E-state index contributed by atoms with van der Waals surface area (Å²) in [5.41, 5.74) is 6.00. The maximum atomic E-state index is 11.9. The number of hydrazine groups is 1. The number of rotatable bonds is 4. The van der Waals surface area contributed by atoms with Gasteiger partial charge >= 0.3 is 5.69 Å². The Labute approximate surface area is 105 Å². The third kappa shape index (κ3) is 2.38. The van der Waals surface area contributed by atoms with E-state index in [4.69, 9.17) is 0 Å². The van der Waals surface area contributed by atoms with Crippen LogP contribution in [0.3, 0.4) is 0 Å². The van der Waals surface area contributed by atoms with Gasteiger partial charge in [0.25, 0.3) is 0 Å². The number of nitrogens with one attached hydrogen (secondary N) is 2. The lowest BCUT2D eigenvalue weighted by atomic mass is 10.2. The van der Waals surface area contributed by atoms with Crippen molar-refractivity contribution in [3.05, 3.63) is 40.8 Å². The first-order valence-electron chi connectivity index (χ1n) is 5.73. The average molecular weight is 245 g/mol. The van der Waals surface area contributed by atoms with Gasteiger partial charge < -0.3 is 0 Å². The molecule has 2 aromatic rings. The van der Waals surface area contributed by atoms with E-state index in [1.807, 2.05) is 37.3 Å². The van der Waals surface area contributed by atoms with Crippen molar-refractivity contribution in [3.8, 4) is 11.4 Å². The SMILES string of the molecule is CCn1c(-c2ccccc2)nc(NNC)nc1=O. The molecule has 6 nitrogen and oxygen atoms in total. The zero-order valence-electron chi connectivity index (χ0n) is 10.3. The van der Waals surface area contributed by atoms with Gasteiger partial charge in [-0.2, -0.15) is 9.97 Å². The highest BCUT2D eigenvalue weighted by Gasteiger charge is 2.10. The predicted octanol–water partition coefficient (Wildman–Crippen LogP) is 0.871. The second-order valence-electron chi connectivity index (χ2n) is 3.64. The summed E-state index contributed by atoms with van der Waals surface area (Å²) in [4.78, 5) is 20.1.